The molecule has 2 aromatic carbocycles. The second-order valence-corrected chi connectivity index (χ2v) is 7.61. The summed E-state index contributed by atoms with van der Waals surface area (Å²) >= 11 is 0. The van der Waals surface area contributed by atoms with Gasteiger partial charge in [-0.2, -0.15) is 0 Å². The fourth-order valence-electron chi connectivity index (χ4n) is 4.22. The van der Waals surface area contributed by atoms with Gasteiger partial charge in [-0.3, -0.25) is 15.0 Å². The van der Waals surface area contributed by atoms with Crippen molar-refractivity contribution in [2.24, 2.45) is 7.05 Å². The number of nitrogens with zero attached hydrogens (tertiary/aromatic N) is 5. The van der Waals surface area contributed by atoms with Gasteiger partial charge in [-0.15, -0.1) is 0 Å². The molecule has 0 saturated heterocycles. The molecule has 0 saturated carbocycles. The van der Waals surface area contributed by atoms with Crippen LogP contribution in [0, 0.1) is 0 Å². The lowest BCUT2D eigenvalue weighted by Crippen LogP contribution is -2.02. The Bertz CT molecular complexity index is 1560. The van der Waals surface area contributed by atoms with Gasteiger partial charge in [-0.05, 0) is 42.8 Å². The third-order valence-electron chi connectivity index (χ3n) is 5.82. The van der Waals surface area contributed by atoms with Crippen LogP contribution >= 0.6 is 0 Å². The maximum absolute atomic E-state index is 4.95. The molecule has 0 bridgehead atoms. The molecule has 0 fully saturated rings. The molecule has 144 valence electrons. The topological polar surface area (TPSA) is 56.5 Å². The Morgan fingerprint density at radius 3 is 2.43 bits per heavy atom. The van der Waals surface area contributed by atoms with Crippen molar-refractivity contribution in [3.05, 3.63) is 84.6 Å². The number of aromatic nitrogens is 5. The first-order valence-electron chi connectivity index (χ1n) is 10.1. The number of fused-ring (bicyclic) bond motifs is 6. The van der Waals surface area contributed by atoms with E-state index in [2.05, 4.69) is 70.1 Å². The minimum Gasteiger partial charge on any atom is -0.331 e. The lowest BCUT2D eigenvalue weighted by molar-refractivity contribution is 0.778. The van der Waals surface area contributed by atoms with Crippen LogP contribution in [-0.2, 0) is 19.9 Å². The number of pyridine rings is 3. The molecule has 6 rings (SSSR count). The van der Waals surface area contributed by atoms with Gasteiger partial charge in [0.1, 0.15) is 5.82 Å². The fourth-order valence-corrected chi connectivity index (χ4v) is 4.22. The molecule has 0 aliphatic heterocycles. The highest BCUT2D eigenvalue weighted by atomic mass is 15.1. The monoisotopic (exact) mass is 389 g/mol. The first-order valence-corrected chi connectivity index (χ1v) is 10.1. The van der Waals surface area contributed by atoms with Crippen LogP contribution in [0.3, 0.4) is 0 Å². The number of benzene rings is 2. The summed E-state index contributed by atoms with van der Waals surface area (Å²) in [4.78, 5) is 18.9. The normalized spacial score (nSPS) is 11.8. The van der Waals surface area contributed by atoms with Gasteiger partial charge in [0.2, 0.25) is 0 Å². The Morgan fingerprint density at radius 1 is 0.700 bits per heavy atom. The minimum absolute atomic E-state index is 0.823. The van der Waals surface area contributed by atoms with Gasteiger partial charge in [0.25, 0.3) is 0 Å². The van der Waals surface area contributed by atoms with Crippen molar-refractivity contribution in [2.75, 3.05) is 0 Å². The average molecular weight is 389 g/mol. The molecule has 5 nitrogen and oxygen atoms in total. The molecule has 0 aliphatic rings. The van der Waals surface area contributed by atoms with Crippen molar-refractivity contribution in [1.82, 2.24) is 24.5 Å². The van der Waals surface area contributed by atoms with Gasteiger partial charge in [-0.1, -0.05) is 24.3 Å². The Balaban J connectivity index is 1.38. The van der Waals surface area contributed by atoms with Crippen LogP contribution in [0.2, 0.25) is 0 Å². The largest absolute Gasteiger partial charge is 0.331 e. The van der Waals surface area contributed by atoms with Crippen molar-refractivity contribution in [2.45, 2.75) is 12.8 Å². The van der Waals surface area contributed by atoms with Gasteiger partial charge in [0, 0.05) is 47.7 Å². The summed E-state index contributed by atoms with van der Waals surface area (Å²) in [6.07, 6.45) is 5.30. The summed E-state index contributed by atoms with van der Waals surface area (Å²) in [5, 5.41) is 3.33. The molecule has 4 heterocycles. The van der Waals surface area contributed by atoms with Crippen LogP contribution in [0.4, 0.5) is 0 Å². The highest BCUT2D eigenvalue weighted by molar-refractivity contribution is 6.03. The third-order valence-corrected chi connectivity index (χ3v) is 5.82. The smallest absolute Gasteiger partial charge is 0.110 e. The predicted molar refractivity (Wildman–Crippen MR) is 120 cm³/mol. The van der Waals surface area contributed by atoms with Crippen LogP contribution < -0.4 is 0 Å². The molecule has 0 radical (unpaired) electrons. The first kappa shape index (κ1) is 17.0. The summed E-state index contributed by atoms with van der Waals surface area (Å²) < 4.78 is 2.18. The molecule has 0 unspecified atom stereocenters. The van der Waals surface area contributed by atoms with Crippen molar-refractivity contribution < 1.29 is 0 Å². The highest BCUT2D eigenvalue weighted by Gasteiger charge is 2.12. The Labute approximate surface area is 173 Å². The molecular formula is C25H19N5. The number of aryl methyl sites for hydroxylation is 3. The van der Waals surface area contributed by atoms with E-state index in [4.69, 9.17) is 9.97 Å². The standard InChI is InChI=1S/C25H19N5/c1-30-21-12-11-20-19(5-3-14-26-20)25(21)29-22(30)13-10-18-9-8-17-7-6-16-4-2-15-27-23(16)24(17)28-18/h2-9,11-12,14-15H,10,13H2,1H3. The van der Waals surface area contributed by atoms with Gasteiger partial charge >= 0.3 is 0 Å². The van der Waals surface area contributed by atoms with E-state index in [-0.39, 0.29) is 0 Å². The van der Waals surface area contributed by atoms with Gasteiger partial charge in [-0.25, -0.2) is 4.98 Å². The summed E-state index contributed by atoms with van der Waals surface area (Å²) in [7, 11) is 2.08. The second kappa shape index (κ2) is 6.59. The zero-order chi connectivity index (χ0) is 20.1. The van der Waals surface area contributed by atoms with E-state index < -0.39 is 0 Å². The zero-order valence-electron chi connectivity index (χ0n) is 16.6. The Hall–Kier alpha value is -3.86. The second-order valence-electron chi connectivity index (χ2n) is 7.61. The van der Waals surface area contributed by atoms with Crippen molar-refractivity contribution in [1.29, 1.82) is 0 Å². The molecule has 0 atom stereocenters. The average Bonchev–Trinajstić information content (AvgIpc) is 3.13. The van der Waals surface area contributed by atoms with Crippen LogP contribution in [0.25, 0.3) is 43.7 Å². The summed E-state index contributed by atoms with van der Waals surface area (Å²) in [5.74, 6) is 1.05. The van der Waals surface area contributed by atoms with Gasteiger partial charge in [0.05, 0.1) is 27.6 Å². The maximum Gasteiger partial charge on any atom is 0.110 e. The maximum atomic E-state index is 4.95. The Kier molecular flexibility index (Phi) is 3.74. The van der Waals surface area contributed by atoms with E-state index in [0.717, 1.165) is 68.1 Å². The first-order chi connectivity index (χ1) is 14.8. The molecular weight excluding hydrogens is 370 g/mol. The van der Waals surface area contributed by atoms with Crippen molar-refractivity contribution >= 4 is 43.7 Å². The van der Waals surface area contributed by atoms with Crippen LogP contribution in [-0.4, -0.2) is 24.5 Å². The van der Waals surface area contributed by atoms with Gasteiger partial charge in [0.15, 0.2) is 0 Å². The fraction of sp³-hybridized carbons (Fsp3) is 0.120. The summed E-state index contributed by atoms with van der Waals surface area (Å²) in [6.45, 7) is 0. The summed E-state index contributed by atoms with van der Waals surface area (Å²) in [6, 6.07) is 20.7. The molecule has 0 spiro atoms. The molecule has 6 aromatic rings. The van der Waals surface area contributed by atoms with E-state index >= 15 is 0 Å². The van der Waals surface area contributed by atoms with E-state index in [1.165, 1.54) is 0 Å². The minimum atomic E-state index is 0.823. The molecule has 5 heteroatoms. The number of rotatable bonds is 3. The van der Waals surface area contributed by atoms with Crippen molar-refractivity contribution in [3.8, 4) is 0 Å². The number of imidazole rings is 1. The van der Waals surface area contributed by atoms with E-state index in [0.29, 0.717) is 0 Å². The van der Waals surface area contributed by atoms with Crippen LogP contribution in [0.15, 0.2) is 73.1 Å². The van der Waals surface area contributed by atoms with Crippen molar-refractivity contribution in [3.63, 3.8) is 0 Å². The lowest BCUT2D eigenvalue weighted by atomic mass is 10.1. The molecule has 0 amide bonds. The van der Waals surface area contributed by atoms with Crippen LogP contribution in [0.1, 0.15) is 11.5 Å². The predicted octanol–water partition coefficient (Wildman–Crippen LogP) is 5.00. The van der Waals surface area contributed by atoms with E-state index in [1.807, 2.05) is 24.5 Å². The summed E-state index contributed by atoms with van der Waals surface area (Å²) in [5.41, 5.74) is 6.10. The number of hydrogen-bond acceptors (Lipinski definition) is 4. The Morgan fingerprint density at radius 2 is 1.50 bits per heavy atom. The van der Waals surface area contributed by atoms with E-state index in [1.54, 1.807) is 0 Å². The molecule has 4 aromatic heterocycles. The van der Waals surface area contributed by atoms with Crippen LogP contribution in [0.5, 0.6) is 0 Å². The lowest BCUT2D eigenvalue weighted by Gasteiger charge is -2.06. The quantitative estimate of drug-likeness (QED) is 0.400. The SMILES string of the molecule is Cn1c(CCc2ccc3ccc4cccnc4c3n2)nc2c3cccnc3ccc21. The highest BCUT2D eigenvalue weighted by Crippen LogP contribution is 2.25. The van der Waals surface area contributed by atoms with E-state index in [9.17, 15) is 0 Å². The zero-order valence-corrected chi connectivity index (χ0v) is 16.6. The molecule has 0 aliphatic carbocycles. The molecule has 30 heavy (non-hydrogen) atoms. The van der Waals surface area contributed by atoms with Gasteiger partial charge < -0.3 is 4.57 Å². The molecule has 0 N–H and O–H groups in total. The third kappa shape index (κ3) is 2.63. The number of hydrogen-bond donors (Lipinski definition) is 0.